The maximum absolute atomic E-state index is 13.6. The van der Waals surface area contributed by atoms with Crippen molar-refractivity contribution in [3.05, 3.63) is 35.1 Å². The van der Waals surface area contributed by atoms with E-state index in [1.165, 1.54) is 82.8 Å². The first-order chi connectivity index (χ1) is 15.0. The van der Waals surface area contributed by atoms with Gasteiger partial charge in [0.05, 0.1) is 0 Å². The molecule has 0 amide bonds. The van der Waals surface area contributed by atoms with Crippen molar-refractivity contribution in [3.8, 4) is 0 Å². The van der Waals surface area contributed by atoms with E-state index in [2.05, 4.69) is 6.92 Å². The molecule has 3 fully saturated rings. The topological polar surface area (TPSA) is 0 Å². The Balaban J connectivity index is 1.17. The lowest BCUT2D eigenvalue weighted by molar-refractivity contribution is 0.149. The summed E-state index contributed by atoms with van der Waals surface area (Å²) in [6, 6.07) is 2.42. The van der Waals surface area contributed by atoms with Gasteiger partial charge >= 0.3 is 0 Å². The van der Waals surface area contributed by atoms with Gasteiger partial charge in [0.2, 0.25) is 0 Å². The van der Waals surface area contributed by atoms with Crippen molar-refractivity contribution in [3.63, 3.8) is 0 Å². The fourth-order valence-corrected chi connectivity index (χ4v) is 7.08. The van der Waals surface area contributed by atoms with Crippen LogP contribution in [0.2, 0.25) is 0 Å². The molecule has 0 aromatic heterocycles. The zero-order chi connectivity index (χ0) is 21.8. The summed E-state index contributed by atoms with van der Waals surface area (Å²) in [5, 5.41) is 0. The first-order valence-corrected chi connectivity index (χ1v) is 13.2. The Labute approximate surface area is 187 Å². The molecule has 31 heavy (non-hydrogen) atoms. The number of hydrogen-bond acceptors (Lipinski definition) is 0. The standard InChI is InChI=1S/C28H41F3/c1-2-19-3-5-20(6-4-19)7-8-21-9-11-22(12-10-21)23-13-15-24(16-14-23)25-17-26(29)28(31)27(30)18-25/h17-24H,2-16H2,1H3. The van der Waals surface area contributed by atoms with Crippen LogP contribution in [0.1, 0.15) is 115 Å². The number of benzene rings is 1. The van der Waals surface area contributed by atoms with Gasteiger partial charge in [0.1, 0.15) is 0 Å². The Hall–Kier alpha value is -0.990. The van der Waals surface area contributed by atoms with Crippen LogP contribution in [0.3, 0.4) is 0 Å². The quantitative estimate of drug-likeness (QED) is 0.391. The summed E-state index contributed by atoms with van der Waals surface area (Å²) in [6.45, 7) is 2.35. The largest absolute Gasteiger partial charge is 0.204 e. The van der Waals surface area contributed by atoms with Gasteiger partial charge in [0.25, 0.3) is 0 Å². The van der Waals surface area contributed by atoms with Gasteiger partial charge in [0, 0.05) is 0 Å². The van der Waals surface area contributed by atoms with Crippen molar-refractivity contribution in [2.45, 2.75) is 109 Å². The average Bonchev–Trinajstić information content (AvgIpc) is 2.81. The van der Waals surface area contributed by atoms with Crippen LogP contribution in [-0.2, 0) is 0 Å². The second kappa shape index (κ2) is 10.8. The highest BCUT2D eigenvalue weighted by Crippen LogP contribution is 2.45. The Bertz CT molecular complexity index is 667. The molecule has 0 radical (unpaired) electrons. The highest BCUT2D eigenvalue weighted by Gasteiger charge is 2.32. The van der Waals surface area contributed by atoms with E-state index in [1.807, 2.05) is 0 Å². The van der Waals surface area contributed by atoms with Crippen molar-refractivity contribution in [2.24, 2.45) is 29.6 Å². The van der Waals surface area contributed by atoms with E-state index in [0.717, 1.165) is 55.3 Å². The zero-order valence-corrected chi connectivity index (χ0v) is 19.4. The van der Waals surface area contributed by atoms with Gasteiger partial charge < -0.3 is 0 Å². The highest BCUT2D eigenvalue weighted by molar-refractivity contribution is 5.23. The van der Waals surface area contributed by atoms with Crippen molar-refractivity contribution in [1.29, 1.82) is 0 Å². The van der Waals surface area contributed by atoms with E-state index >= 15 is 0 Å². The van der Waals surface area contributed by atoms with Crippen LogP contribution in [0.15, 0.2) is 12.1 Å². The second-order valence-corrected chi connectivity index (χ2v) is 11.1. The first-order valence-electron chi connectivity index (χ1n) is 13.2. The Morgan fingerprint density at radius 3 is 1.52 bits per heavy atom. The molecule has 0 unspecified atom stereocenters. The predicted octanol–water partition coefficient (Wildman–Crippen LogP) is 9.18. The van der Waals surface area contributed by atoms with Gasteiger partial charge in [-0.25, -0.2) is 13.2 Å². The van der Waals surface area contributed by atoms with Crippen LogP contribution in [-0.4, -0.2) is 0 Å². The summed E-state index contributed by atoms with van der Waals surface area (Å²) in [7, 11) is 0. The molecule has 3 aliphatic rings. The molecule has 3 saturated carbocycles. The number of rotatable bonds is 6. The lowest BCUT2D eigenvalue weighted by Crippen LogP contribution is -2.26. The monoisotopic (exact) mass is 434 g/mol. The van der Waals surface area contributed by atoms with Crippen LogP contribution >= 0.6 is 0 Å². The van der Waals surface area contributed by atoms with Gasteiger partial charge in [-0.3, -0.25) is 0 Å². The Kier molecular flexibility index (Phi) is 8.04. The van der Waals surface area contributed by atoms with Gasteiger partial charge in [-0.1, -0.05) is 64.7 Å². The summed E-state index contributed by atoms with van der Waals surface area (Å²) in [5.41, 5.74) is 0.645. The van der Waals surface area contributed by atoms with Crippen LogP contribution in [0.5, 0.6) is 0 Å². The van der Waals surface area contributed by atoms with E-state index < -0.39 is 17.5 Å². The molecule has 1 aromatic carbocycles. The molecule has 0 heterocycles. The number of halogens is 3. The van der Waals surface area contributed by atoms with E-state index in [1.54, 1.807) is 0 Å². The van der Waals surface area contributed by atoms with E-state index in [4.69, 9.17) is 0 Å². The lowest BCUT2D eigenvalue weighted by atomic mass is 9.67. The van der Waals surface area contributed by atoms with E-state index in [0.29, 0.717) is 5.56 Å². The van der Waals surface area contributed by atoms with Crippen LogP contribution in [0.25, 0.3) is 0 Å². The molecule has 0 aliphatic heterocycles. The zero-order valence-electron chi connectivity index (χ0n) is 19.4. The minimum absolute atomic E-state index is 0.181. The fourth-order valence-electron chi connectivity index (χ4n) is 7.08. The summed E-state index contributed by atoms with van der Waals surface area (Å²) >= 11 is 0. The molecule has 3 aliphatic carbocycles. The maximum atomic E-state index is 13.6. The third-order valence-electron chi connectivity index (χ3n) is 9.33. The Morgan fingerprint density at radius 2 is 1.03 bits per heavy atom. The smallest absolute Gasteiger partial charge is 0.194 e. The normalized spacial score (nSPS) is 34.6. The fraction of sp³-hybridized carbons (Fsp3) is 0.786. The molecule has 1 aromatic rings. The second-order valence-electron chi connectivity index (χ2n) is 11.1. The summed E-state index contributed by atoms with van der Waals surface area (Å²) in [6.07, 6.45) is 20.0. The molecule has 0 N–H and O–H groups in total. The van der Waals surface area contributed by atoms with Crippen molar-refractivity contribution in [1.82, 2.24) is 0 Å². The van der Waals surface area contributed by atoms with E-state index in [9.17, 15) is 13.2 Å². The van der Waals surface area contributed by atoms with Crippen LogP contribution in [0.4, 0.5) is 13.2 Å². The average molecular weight is 435 g/mol. The Morgan fingerprint density at radius 1 is 0.613 bits per heavy atom. The highest BCUT2D eigenvalue weighted by atomic mass is 19.2. The van der Waals surface area contributed by atoms with Gasteiger partial charge in [-0.05, 0) is 91.7 Å². The first kappa shape index (κ1) is 23.2. The molecule has 3 heteroatoms. The van der Waals surface area contributed by atoms with E-state index in [-0.39, 0.29) is 5.92 Å². The minimum Gasteiger partial charge on any atom is -0.204 e. The molecule has 0 nitrogen and oxygen atoms in total. The van der Waals surface area contributed by atoms with Gasteiger partial charge in [-0.15, -0.1) is 0 Å². The molecule has 0 atom stereocenters. The molecule has 174 valence electrons. The predicted molar refractivity (Wildman–Crippen MR) is 121 cm³/mol. The molecule has 0 spiro atoms. The van der Waals surface area contributed by atoms with Crippen molar-refractivity contribution in [2.75, 3.05) is 0 Å². The number of hydrogen-bond donors (Lipinski definition) is 0. The lowest BCUT2D eigenvalue weighted by Gasteiger charge is -2.38. The molecular weight excluding hydrogens is 393 g/mol. The van der Waals surface area contributed by atoms with Crippen molar-refractivity contribution < 1.29 is 13.2 Å². The summed E-state index contributed by atoms with van der Waals surface area (Å²) < 4.78 is 40.5. The third-order valence-corrected chi connectivity index (χ3v) is 9.33. The molecular formula is C28H41F3. The van der Waals surface area contributed by atoms with Gasteiger partial charge in [0.15, 0.2) is 17.5 Å². The summed E-state index contributed by atoms with van der Waals surface area (Å²) in [4.78, 5) is 0. The summed E-state index contributed by atoms with van der Waals surface area (Å²) in [5.74, 6) is 1.31. The molecule has 4 rings (SSSR count). The van der Waals surface area contributed by atoms with Gasteiger partial charge in [-0.2, -0.15) is 0 Å². The molecule has 0 saturated heterocycles. The molecule has 0 bridgehead atoms. The SMILES string of the molecule is CCC1CCC(CCC2CCC(C3CCC(c4cc(F)c(F)c(F)c4)CC3)CC2)CC1. The van der Waals surface area contributed by atoms with Crippen LogP contribution < -0.4 is 0 Å². The van der Waals surface area contributed by atoms with Crippen LogP contribution in [0, 0.1) is 47.0 Å². The maximum Gasteiger partial charge on any atom is 0.194 e. The third kappa shape index (κ3) is 5.88. The minimum atomic E-state index is -1.34. The van der Waals surface area contributed by atoms with Crippen molar-refractivity contribution >= 4 is 0 Å².